The number of carbonyl (C=O) groups excluding carboxylic acids is 2. The van der Waals surface area contributed by atoms with E-state index in [1.165, 1.54) is 7.11 Å². The number of amides is 1. The molecule has 2 heterocycles. The van der Waals surface area contributed by atoms with E-state index in [2.05, 4.69) is 15.6 Å². The van der Waals surface area contributed by atoms with Gasteiger partial charge in [-0.25, -0.2) is 4.79 Å². The zero-order chi connectivity index (χ0) is 19.7. The van der Waals surface area contributed by atoms with Crippen LogP contribution in [0.4, 0.5) is 11.4 Å². The fraction of sp³-hybridized carbons (Fsp3) is 0.200. The molecule has 0 fully saturated rings. The minimum Gasteiger partial charge on any atom is -0.490 e. The third-order valence-corrected chi connectivity index (χ3v) is 4.70. The van der Waals surface area contributed by atoms with Crippen LogP contribution < -0.4 is 15.4 Å². The molecule has 3 aromatic rings. The summed E-state index contributed by atoms with van der Waals surface area (Å²) in [7, 11) is 1.31. The summed E-state index contributed by atoms with van der Waals surface area (Å²) >= 11 is 6.00. The van der Waals surface area contributed by atoms with Crippen LogP contribution in [0.1, 0.15) is 27.3 Å². The van der Waals surface area contributed by atoms with Crippen molar-refractivity contribution in [1.29, 1.82) is 0 Å². The smallest absolute Gasteiger partial charge is 0.341 e. The first-order chi connectivity index (χ1) is 13.5. The highest BCUT2D eigenvalue weighted by Gasteiger charge is 2.22. The van der Waals surface area contributed by atoms with E-state index >= 15 is 0 Å². The Morgan fingerprint density at radius 1 is 1.21 bits per heavy atom. The quantitative estimate of drug-likeness (QED) is 0.578. The maximum Gasteiger partial charge on any atom is 0.341 e. The zero-order valence-corrected chi connectivity index (χ0v) is 15.9. The van der Waals surface area contributed by atoms with Gasteiger partial charge in [-0.1, -0.05) is 11.6 Å². The Morgan fingerprint density at radius 2 is 2.07 bits per heavy atom. The molecule has 1 aliphatic heterocycles. The largest absolute Gasteiger partial charge is 0.490 e. The molecule has 1 aliphatic rings. The van der Waals surface area contributed by atoms with Gasteiger partial charge in [-0.2, -0.15) is 0 Å². The highest BCUT2D eigenvalue weighted by atomic mass is 35.5. The molecule has 8 heteroatoms. The number of aromatic nitrogens is 1. The molecule has 4 rings (SSSR count). The summed E-state index contributed by atoms with van der Waals surface area (Å²) in [5.74, 6) is -0.434. The highest BCUT2D eigenvalue weighted by Crippen LogP contribution is 2.35. The van der Waals surface area contributed by atoms with E-state index in [1.807, 2.05) is 6.07 Å². The van der Waals surface area contributed by atoms with Crippen LogP contribution >= 0.6 is 11.6 Å². The van der Waals surface area contributed by atoms with E-state index in [1.54, 1.807) is 30.3 Å². The minimum absolute atomic E-state index is 0.258. The standard InChI is InChI=1S/C20H18ClN3O4/c1-27-20(26)14-9-13(10-16-18(14)28-6-2-5-22-16)23-19(25)17-8-11-7-12(21)3-4-15(11)24-17/h3-4,7-10,22,24H,2,5-6H2,1H3,(H,23,25). The summed E-state index contributed by atoms with van der Waals surface area (Å²) in [6.45, 7) is 1.20. The molecule has 0 spiro atoms. The molecule has 28 heavy (non-hydrogen) atoms. The Bertz CT molecular complexity index is 1080. The summed E-state index contributed by atoms with van der Waals surface area (Å²) in [5, 5.41) is 7.47. The minimum atomic E-state index is -0.531. The van der Waals surface area contributed by atoms with Crippen molar-refractivity contribution in [2.45, 2.75) is 6.42 Å². The number of methoxy groups -OCH3 is 1. The average Bonchev–Trinajstić information content (AvgIpc) is 2.96. The Morgan fingerprint density at radius 3 is 2.89 bits per heavy atom. The van der Waals surface area contributed by atoms with Gasteiger partial charge in [-0.15, -0.1) is 0 Å². The number of nitrogens with one attached hydrogen (secondary N) is 3. The van der Waals surface area contributed by atoms with Gasteiger partial charge in [-0.05, 0) is 42.8 Å². The van der Waals surface area contributed by atoms with Gasteiger partial charge in [-0.3, -0.25) is 4.79 Å². The zero-order valence-electron chi connectivity index (χ0n) is 15.1. The van der Waals surface area contributed by atoms with Crippen LogP contribution in [-0.4, -0.2) is 37.1 Å². The number of aromatic amines is 1. The van der Waals surface area contributed by atoms with E-state index in [4.69, 9.17) is 21.1 Å². The van der Waals surface area contributed by atoms with Gasteiger partial charge in [0.1, 0.15) is 11.3 Å². The molecule has 0 aliphatic carbocycles. The molecular weight excluding hydrogens is 382 g/mol. The fourth-order valence-electron chi connectivity index (χ4n) is 3.14. The first-order valence-electron chi connectivity index (χ1n) is 8.78. The van der Waals surface area contributed by atoms with Crippen LogP contribution in [0.5, 0.6) is 5.75 Å². The fourth-order valence-corrected chi connectivity index (χ4v) is 3.32. The van der Waals surface area contributed by atoms with Crippen molar-refractivity contribution in [3.63, 3.8) is 0 Å². The first kappa shape index (κ1) is 18.2. The second-order valence-corrected chi connectivity index (χ2v) is 6.83. The lowest BCUT2D eigenvalue weighted by Gasteiger charge is -2.15. The molecule has 3 N–H and O–H groups in total. The molecule has 1 amide bonds. The molecule has 0 unspecified atom stereocenters. The number of rotatable bonds is 3. The molecule has 2 aromatic carbocycles. The first-order valence-corrected chi connectivity index (χ1v) is 9.15. The second kappa shape index (κ2) is 7.44. The van der Waals surface area contributed by atoms with Gasteiger partial charge in [0.25, 0.3) is 5.91 Å². The maximum atomic E-state index is 12.7. The van der Waals surface area contributed by atoms with Crippen LogP contribution in [0.15, 0.2) is 36.4 Å². The molecule has 0 radical (unpaired) electrons. The van der Waals surface area contributed by atoms with Crippen molar-refractivity contribution in [2.24, 2.45) is 0 Å². The predicted molar refractivity (Wildman–Crippen MR) is 108 cm³/mol. The van der Waals surface area contributed by atoms with Crippen LogP contribution in [-0.2, 0) is 4.74 Å². The van der Waals surface area contributed by atoms with Crippen LogP contribution in [0, 0.1) is 0 Å². The molecule has 7 nitrogen and oxygen atoms in total. The lowest BCUT2D eigenvalue weighted by molar-refractivity contribution is 0.0596. The number of anilines is 2. The van der Waals surface area contributed by atoms with Gasteiger partial charge < -0.3 is 25.1 Å². The molecule has 0 bridgehead atoms. The molecule has 0 saturated carbocycles. The monoisotopic (exact) mass is 399 g/mol. The number of esters is 1. The van der Waals surface area contributed by atoms with Crippen molar-refractivity contribution in [3.05, 3.63) is 52.7 Å². The Labute approximate surface area is 166 Å². The number of hydrogen-bond acceptors (Lipinski definition) is 5. The van der Waals surface area contributed by atoms with Crippen LogP contribution in [0.3, 0.4) is 0 Å². The number of hydrogen-bond donors (Lipinski definition) is 3. The summed E-state index contributed by atoms with van der Waals surface area (Å²) in [6, 6.07) is 10.4. The van der Waals surface area contributed by atoms with Crippen LogP contribution in [0.2, 0.25) is 5.02 Å². The molecule has 1 aromatic heterocycles. The van der Waals surface area contributed by atoms with E-state index in [0.29, 0.717) is 41.0 Å². The summed E-state index contributed by atoms with van der Waals surface area (Å²) in [4.78, 5) is 28.0. The van der Waals surface area contributed by atoms with Gasteiger partial charge in [0, 0.05) is 28.2 Å². The molecular formula is C20H18ClN3O4. The second-order valence-electron chi connectivity index (χ2n) is 6.39. The van der Waals surface area contributed by atoms with Gasteiger partial charge in [0.05, 0.1) is 19.4 Å². The van der Waals surface area contributed by atoms with Crippen molar-refractivity contribution >= 4 is 45.8 Å². The van der Waals surface area contributed by atoms with E-state index in [9.17, 15) is 9.59 Å². The van der Waals surface area contributed by atoms with Crippen molar-refractivity contribution in [3.8, 4) is 5.75 Å². The van der Waals surface area contributed by atoms with Crippen molar-refractivity contribution < 1.29 is 19.1 Å². The number of halogens is 1. The number of carbonyl (C=O) groups is 2. The molecule has 0 atom stereocenters. The summed E-state index contributed by atoms with van der Waals surface area (Å²) < 4.78 is 10.6. The van der Waals surface area contributed by atoms with Gasteiger partial charge >= 0.3 is 5.97 Å². The van der Waals surface area contributed by atoms with E-state index in [-0.39, 0.29) is 11.5 Å². The number of benzene rings is 2. The van der Waals surface area contributed by atoms with Crippen LogP contribution in [0.25, 0.3) is 10.9 Å². The molecule has 0 saturated heterocycles. The summed E-state index contributed by atoms with van der Waals surface area (Å²) in [5.41, 5.74) is 2.55. The third-order valence-electron chi connectivity index (χ3n) is 4.46. The van der Waals surface area contributed by atoms with Gasteiger partial charge in [0.15, 0.2) is 5.75 Å². The topological polar surface area (TPSA) is 92.5 Å². The SMILES string of the molecule is COC(=O)c1cc(NC(=O)c2cc3cc(Cl)ccc3[nH]2)cc2c1OCCCN2. The summed E-state index contributed by atoms with van der Waals surface area (Å²) in [6.07, 6.45) is 0.800. The number of H-pyrrole nitrogens is 1. The average molecular weight is 400 g/mol. The van der Waals surface area contributed by atoms with E-state index < -0.39 is 5.97 Å². The highest BCUT2D eigenvalue weighted by molar-refractivity contribution is 6.31. The Kier molecular flexibility index (Phi) is 4.83. The molecule has 144 valence electrons. The predicted octanol–water partition coefficient (Wildman–Crippen LogP) is 4.05. The Balaban J connectivity index is 1.67. The number of fused-ring (bicyclic) bond motifs is 2. The van der Waals surface area contributed by atoms with Gasteiger partial charge in [0.2, 0.25) is 0 Å². The number of ether oxygens (including phenoxy) is 2. The maximum absolute atomic E-state index is 12.7. The lowest BCUT2D eigenvalue weighted by Crippen LogP contribution is -2.14. The Hall–Kier alpha value is -3.19. The van der Waals surface area contributed by atoms with Crippen molar-refractivity contribution in [2.75, 3.05) is 30.9 Å². The van der Waals surface area contributed by atoms with E-state index in [0.717, 1.165) is 17.3 Å². The normalized spacial score (nSPS) is 13.1. The third kappa shape index (κ3) is 3.48. The van der Waals surface area contributed by atoms with Crippen molar-refractivity contribution in [1.82, 2.24) is 4.98 Å². The lowest BCUT2D eigenvalue weighted by atomic mass is 10.1.